The second-order valence-electron chi connectivity index (χ2n) is 4.11. The Kier molecular flexibility index (Phi) is 3.49. The van der Waals surface area contributed by atoms with Crippen LogP contribution in [0.2, 0.25) is 0 Å². The number of phenolic OH excluding ortho intramolecular Hbond substituents is 1. The van der Waals surface area contributed by atoms with Gasteiger partial charge in [-0.25, -0.2) is 0 Å². The van der Waals surface area contributed by atoms with Crippen molar-refractivity contribution in [3.05, 3.63) is 24.3 Å². The van der Waals surface area contributed by atoms with Gasteiger partial charge in [-0.1, -0.05) is 6.07 Å². The average Bonchev–Trinajstić information content (AvgIpc) is 2.29. The second kappa shape index (κ2) is 5.05. The van der Waals surface area contributed by atoms with Gasteiger partial charge in [0.2, 0.25) is 0 Å². The summed E-state index contributed by atoms with van der Waals surface area (Å²) in [7, 11) is 0. The fourth-order valence-electron chi connectivity index (χ4n) is 1.93. The molecule has 0 saturated carbocycles. The number of phenols is 1. The molecule has 1 saturated heterocycles. The number of nitrogens with one attached hydrogen (secondary N) is 1. The van der Waals surface area contributed by atoms with Crippen LogP contribution in [0.3, 0.4) is 0 Å². The molecule has 92 valence electrons. The number of ether oxygens (including phenoxy) is 1. The highest BCUT2D eigenvalue weighted by Gasteiger charge is 2.27. The first-order valence-electron chi connectivity index (χ1n) is 5.57. The predicted molar refractivity (Wildman–Crippen MR) is 61.2 cm³/mol. The molecule has 2 atom stereocenters. The van der Waals surface area contributed by atoms with Gasteiger partial charge in [0.15, 0.2) is 0 Å². The van der Waals surface area contributed by atoms with E-state index < -0.39 is 12.0 Å². The van der Waals surface area contributed by atoms with Crippen molar-refractivity contribution in [2.45, 2.75) is 25.0 Å². The number of hydrogen-bond donors (Lipinski definition) is 3. The van der Waals surface area contributed by atoms with Crippen LogP contribution in [0.5, 0.6) is 11.5 Å². The third kappa shape index (κ3) is 3.10. The van der Waals surface area contributed by atoms with Gasteiger partial charge in [0.25, 0.3) is 0 Å². The summed E-state index contributed by atoms with van der Waals surface area (Å²) >= 11 is 0. The van der Waals surface area contributed by atoms with Crippen molar-refractivity contribution in [1.29, 1.82) is 0 Å². The Morgan fingerprint density at radius 1 is 1.47 bits per heavy atom. The zero-order chi connectivity index (χ0) is 12.3. The smallest absolute Gasteiger partial charge is 0.320 e. The van der Waals surface area contributed by atoms with Crippen molar-refractivity contribution in [3.8, 4) is 11.5 Å². The number of aromatic hydroxyl groups is 1. The van der Waals surface area contributed by atoms with E-state index in [-0.39, 0.29) is 11.9 Å². The molecule has 2 unspecified atom stereocenters. The molecule has 1 fully saturated rings. The molecule has 17 heavy (non-hydrogen) atoms. The van der Waals surface area contributed by atoms with Crippen LogP contribution in [0.1, 0.15) is 12.8 Å². The van der Waals surface area contributed by atoms with Crippen molar-refractivity contribution in [1.82, 2.24) is 5.32 Å². The van der Waals surface area contributed by atoms with Crippen molar-refractivity contribution < 1.29 is 19.7 Å². The Bertz CT molecular complexity index is 407. The molecular formula is C12H15NO4. The van der Waals surface area contributed by atoms with Gasteiger partial charge in [-0.05, 0) is 25.1 Å². The van der Waals surface area contributed by atoms with Crippen LogP contribution in [0, 0.1) is 0 Å². The first-order valence-corrected chi connectivity index (χ1v) is 5.57. The lowest BCUT2D eigenvalue weighted by atomic mass is 10.0. The molecule has 1 aromatic carbocycles. The summed E-state index contributed by atoms with van der Waals surface area (Å²) in [5, 5.41) is 21.1. The highest BCUT2D eigenvalue weighted by Crippen LogP contribution is 2.22. The molecular weight excluding hydrogens is 222 g/mol. The summed E-state index contributed by atoms with van der Waals surface area (Å²) in [6.45, 7) is 0.625. The normalized spacial score (nSPS) is 24.2. The van der Waals surface area contributed by atoms with Crippen LogP contribution >= 0.6 is 0 Å². The molecule has 0 aliphatic carbocycles. The number of aliphatic carboxylic acids is 1. The third-order valence-electron chi connectivity index (χ3n) is 2.77. The molecule has 1 aliphatic heterocycles. The van der Waals surface area contributed by atoms with E-state index in [9.17, 15) is 9.90 Å². The van der Waals surface area contributed by atoms with Gasteiger partial charge in [0, 0.05) is 12.5 Å². The lowest BCUT2D eigenvalue weighted by Gasteiger charge is -2.28. The summed E-state index contributed by atoms with van der Waals surface area (Å²) in [5.41, 5.74) is 0. The van der Waals surface area contributed by atoms with Crippen molar-refractivity contribution in [2.75, 3.05) is 6.54 Å². The summed E-state index contributed by atoms with van der Waals surface area (Å²) in [4.78, 5) is 10.8. The van der Waals surface area contributed by atoms with Gasteiger partial charge in [-0.3, -0.25) is 4.79 Å². The fourth-order valence-corrected chi connectivity index (χ4v) is 1.93. The number of benzene rings is 1. The van der Waals surface area contributed by atoms with E-state index in [0.717, 1.165) is 6.42 Å². The van der Waals surface area contributed by atoms with Crippen LogP contribution in [-0.4, -0.2) is 34.9 Å². The lowest BCUT2D eigenvalue weighted by molar-refractivity contribution is -0.140. The topological polar surface area (TPSA) is 78.8 Å². The van der Waals surface area contributed by atoms with Gasteiger partial charge < -0.3 is 20.3 Å². The molecule has 5 nitrogen and oxygen atoms in total. The lowest BCUT2D eigenvalue weighted by Crippen LogP contribution is -2.46. The van der Waals surface area contributed by atoms with Gasteiger partial charge in [-0.15, -0.1) is 0 Å². The number of carboxylic acid groups (broad SMARTS) is 1. The molecule has 0 aromatic heterocycles. The number of piperidine rings is 1. The summed E-state index contributed by atoms with van der Waals surface area (Å²) in [6, 6.07) is 5.98. The summed E-state index contributed by atoms with van der Waals surface area (Å²) < 4.78 is 5.65. The Morgan fingerprint density at radius 3 is 3.00 bits per heavy atom. The Hall–Kier alpha value is -1.75. The number of rotatable bonds is 3. The molecule has 0 radical (unpaired) electrons. The Labute approximate surface area is 99.0 Å². The van der Waals surface area contributed by atoms with E-state index in [4.69, 9.17) is 9.84 Å². The van der Waals surface area contributed by atoms with Crippen LogP contribution in [0.4, 0.5) is 0 Å². The zero-order valence-corrected chi connectivity index (χ0v) is 9.30. The minimum atomic E-state index is -0.853. The molecule has 2 rings (SSSR count). The molecule has 0 bridgehead atoms. The van der Waals surface area contributed by atoms with Gasteiger partial charge >= 0.3 is 5.97 Å². The van der Waals surface area contributed by atoms with Crippen molar-refractivity contribution in [2.24, 2.45) is 0 Å². The van der Waals surface area contributed by atoms with Crippen molar-refractivity contribution in [3.63, 3.8) is 0 Å². The third-order valence-corrected chi connectivity index (χ3v) is 2.77. The maximum atomic E-state index is 10.8. The molecule has 0 amide bonds. The quantitative estimate of drug-likeness (QED) is 0.730. The van der Waals surface area contributed by atoms with Gasteiger partial charge in [-0.2, -0.15) is 0 Å². The molecule has 1 heterocycles. The first-order chi connectivity index (χ1) is 8.15. The van der Waals surface area contributed by atoms with Crippen LogP contribution < -0.4 is 10.1 Å². The van der Waals surface area contributed by atoms with E-state index >= 15 is 0 Å². The maximum Gasteiger partial charge on any atom is 0.320 e. The standard InChI is InChI=1S/C12H15NO4/c14-8-2-1-3-9(6-8)17-10-4-5-13-11(7-10)12(15)16/h1-3,6,10-11,13-14H,4-5,7H2,(H,15,16). The second-order valence-corrected chi connectivity index (χ2v) is 4.11. The number of carbonyl (C=O) groups is 1. The number of hydrogen-bond acceptors (Lipinski definition) is 4. The van der Waals surface area contributed by atoms with Crippen LogP contribution in [0.15, 0.2) is 24.3 Å². The molecule has 0 spiro atoms. The van der Waals surface area contributed by atoms with E-state index in [1.54, 1.807) is 18.2 Å². The van der Waals surface area contributed by atoms with E-state index in [2.05, 4.69) is 5.32 Å². The molecule has 1 aromatic rings. The van der Waals surface area contributed by atoms with Crippen LogP contribution in [0.25, 0.3) is 0 Å². The van der Waals surface area contributed by atoms with Crippen LogP contribution in [-0.2, 0) is 4.79 Å². The molecule has 1 aliphatic rings. The summed E-state index contributed by atoms with van der Waals surface area (Å²) in [5.74, 6) is -0.138. The van der Waals surface area contributed by atoms with E-state index in [0.29, 0.717) is 18.7 Å². The van der Waals surface area contributed by atoms with E-state index in [1.165, 1.54) is 6.07 Å². The average molecular weight is 237 g/mol. The van der Waals surface area contributed by atoms with E-state index in [1.807, 2.05) is 0 Å². The molecule has 5 heteroatoms. The SMILES string of the molecule is O=C(O)C1CC(Oc2cccc(O)c2)CCN1. The van der Waals surface area contributed by atoms with Gasteiger partial charge in [0.1, 0.15) is 23.6 Å². The minimum absolute atomic E-state index is 0.126. The number of carboxylic acids is 1. The monoisotopic (exact) mass is 237 g/mol. The Balaban J connectivity index is 1.97. The minimum Gasteiger partial charge on any atom is -0.508 e. The predicted octanol–water partition coefficient (Wildman–Crippen LogP) is 0.976. The largest absolute Gasteiger partial charge is 0.508 e. The Morgan fingerprint density at radius 2 is 2.29 bits per heavy atom. The highest BCUT2D eigenvalue weighted by molar-refractivity contribution is 5.73. The molecule has 3 N–H and O–H groups in total. The van der Waals surface area contributed by atoms with Gasteiger partial charge in [0.05, 0.1) is 0 Å². The zero-order valence-electron chi connectivity index (χ0n) is 9.30. The summed E-state index contributed by atoms with van der Waals surface area (Å²) in [6.07, 6.45) is 1.07. The van der Waals surface area contributed by atoms with Crippen molar-refractivity contribution >= 4 is 5.97 Å². The maximum absolute atomic E-state index is 10.8. The first kappa shape index (κ1) is 11.7. The highest BCUT2D eigenvalue weighted by atomic mass is 16.5. The fraction of sp³-hybridized carbons (Fsp3) is 0.417.